The Bertz CT molecular complexity index is 333. The number of aliphatic hydroxyl groups excluding tert-OH is 1. The molecule has 1 fully saturated rings. The van der Waals surface area contributed by atoms with Crippen molar-refractivity contribution in [3.8, 4) is 0 Å². The maximum absolute atomic E-state index is 8.79. The molecule has 0 atom stereocenters. The first-order valence-corrected chi connectivity index (χ1v) is 6.47. The van der Waals surface area contributed by atoms with Gasteiger partial charge in [0.05, 0.1) is 5.69 Å². The normalized spacial score (nSPS) is 16.4. The fraction of sp³-hybridized carbons (Fsp3) is 0.692. The van der Waals surface area contributed by atoms with Crippen LogP contribution in [-0.2, 0) is 0 Å². The summed E-state index contributed by atoms with van der Waals surface area (Å²) in [6.45, 7) is 1.03. The molecule has 1 saturated carbocycles. The molecule has 0 bridgehead atoms. The molecule has 1 aromatic heterocycles. The SMILES string of the molecule is CN(CCCO)c1ccc(C2CCCC2)nn1. The van der Waals surface area contributed by atoms with E-state index in [-0.39, 0.29) is 6.61 Å². The van der Waals surface area contributed by atoms with Crippen LogP contribution < -0.4 is 4.90 Å². The van der Waals surface area contributed by atoms with Crippen molar-refractivity contribution in [3.05, 3.63) is 17.8 Å². The van der Waals surface area contributed by atoms with E-state index < -0.39 is 0 Å². The lowest BCUT2D eigenvalue weighted by molar-refractivity contribution is 0.290. The Kier molecular flexibility index (Phi) is 4.31. The van der Waals surface area contributed by atoms with E-state index in [1.165, 1.54) is 25.7 Å². The summed E-state index contributed by atoms with van der Waals surface area (Å²) in [4.78, 5) is 2.03. The van der Waals surface area contributed by atoms with Crippen LogP contribution in [0, 0.1) is 0 Å². The summed E-state index contributed by atoms with van der Waals surface area (Å²) in [5, 5.41) is 17.4. The van der Waals surface area contributed by atoms with Crippen LogP contribution in [0.25, 0.3) is 0 Å². The number of nitrogens with zero attached hydrogens (tertiary/aromatic N) is 3. The maximum Gasteiger partial charge on any atom is 0.150 e. The summed E-state index contributed by atoms with van der Waals surface area (Å²) in [7, 11) is 1.98. The van der Waals surface area contributed by atoms with Crippen molar-refractivity contribution < 1.29 is 5.11 Å². The smallest absolute Gasteiger partial charge is 0.150 e. The van der Waals surface area contributed by atoms with E-state index in [0.29, 0.717) is 5.92 Å². The van der Waals surface area contributed by atoms with Crippen LogP contribution in [0.1, 0.15) is 43.7 Å². The van der Waals surface area contributed by atoms with Gasteiger partial charge in [0.1, 0.15) is 0 Å². The third-order valence-corrected chi connectivity index (χ3v) is 3.49. The molecule has 0 unspecified atom stereocenters. The number of hydrogen-bond donors (Lipinski definition) is 1. The highest BCUT2D eigenvalue weighted by atomic mass is 16.3. The summed E-state index contributed by atoms with van der Waals surface area (Å²) >= 11 is 0. The van der Waals surface area contributed by atoms with Crippen LogP contribution in [0.3, 0.4) is 0 Å². The van der Waals surface area contributed by atoms with Crippen LogP contribution in [0.15, 0.2) is 12.1 Å². The van der Waals surface area contributed by atoms with Crippen molar-refractivity contribution in [2.24, 2.45) is 0 Å². The van der Waals surface area contributed by atoms with Crippen molar-refractivity contribution in [1.29, 1.82) is 0 Å². The van der Waals surface area contributed by atoms with Gasteiger partial charge in [-0.3, -0.25) is 0 Å². The Hall–Kier alpha value is -1.16. The van der Waals surface area contributed by atoms with Crippen LogP contribution in [0.2, 0.25) is 0 Å². The zero-order chi connectivity index (χ0) is 12.1. The third kappa shape index (κ3) is 3.16. The molecule has 4 heteroatoms. The summed E-state index contributed by atoms with van der Waals surface area (Å²) in [5.74, 6) is 1.51. The monoisotopic (exact) mass is 235 g/mol. The van der Waals surface area contributed by atoms with Gasteiger partial charge in [-0.15, -0.1) is 5.10 Å². The molecule has 0 saturated heterocycles. The molecule has 1 aromatic rings. The van der Waals surface area contributed by atoms with E-state index in [1.807, 2.05) is 18.0 Å². The average Bonchev–Trinajstić information content (AvgIpc) is 2.90. The van der Waals surface area contributed by atoms with Crippen molar-refractivity contribution in [2.45, 2.75) is 38.0 Å². The Morgan fingerprint density at radius 1 is 1.29 bits per heavy atom. The van der Waals surface area contributed by atoms with Gasteiger partial charge in [0, 0.05) is 26.1 Å². The first kappa shape index (κ1) is 12.3. The predicted molar refractivity (Wildman–Crippen MR) is 68.2 cm³/mol. The average molecular weight is 235 g/mol. The van der Waals surface area contributed by atoms with Crippen molar-refractivity contribution >= 4 is 5.82 Å². The van der Waals surface area contributed by atoms with Crippen LogP contribution in [0.5, 0.6) is 0 Å². The Balaban J connectivity index is 1.96. The van der Waals surface area contributed by atoms with Gasteiger partial charge in [-0.2, -0.15) is 5.10 Å². The molecule has 1 N–H and O–H groups in total. The lowest BCUT2D eigenvalue weighted by Crippen LogP contribution is -2.21. The van der Waals surface area contributed by atoms with Crippen LogP contribution >= 0.6 is 0 Å². The van der Waals surface area contributed by atoms with Gasteiger partial charge in [-0.05, 0) is 31.4 Å². The first-order valence-electron chi connectivity index (χ1n) is 6.47. The highest BCUT2D eigenvalue weighted by Gasteiger charge is 2.18. The lowest BCUT2D eigenvalue weighted by atomic mass is 10.0. The minimum atomic E-state index is 0.220. The predicted octanol–water partition coefficient (Wildman–Crippen LogP) is 1.95. The second kappa shape index (κ2) is 5.96. The van der Waals surface area contributed by atoms with E-state index in [1.54, 1.807) is 0 Å². The Labute approximate surface area is 103 Å². The highest BCUT2D eigenvalue weighted by molar-refractivity contribution is 5.36. The van der Waals surface area contributed by atoms with Crippen LogP contribution in [-0.4, -0.2) is 35.5 Å². The number of rotatable bonds is 5. The Morgan fingerprint density at radius 2 is 2.06 bits per heavy atom. The van der Waals surface area contributed by atoms with E-state index >= 15 is 0 Å². The standard InChI is InChI=1S/C13H21N3O/c1-16(9-4-10-17)13-8-7-12(14-15-13)11-5-2-3-6-11/h7-8,11,17H,2-6,9-10H2,1H3. The molecule has 0 aliphatic heterocycles. The fourth-order valence-electron chi connectivity index (χ4n) is 2.40. The first-order chi connectivity index (χ1) is 8.31. The number of hydrogen-bond acceptors (Lipinski definition) is 4. The second-order valence-corrected chi connectivity index (χ2v) is 4.80. The minimum absolute atomic E-state index is 0.220. The van der Waals surface area contributed by atoms with E-state index in [0.717, 1.165) is 24.5 Å². The summed E-state index contributed by atoms with van der Waals surface area (Å²) in [6.07, 6.45) is 5.93. The zero-order valence-electron chi connectivity index (χ0n) is 10.5. The van der Waals surface area contributed by atoms with Crippen molar-refractivity contribution in [1.82, 2.24) is 10.2 Å². The maximum atomic E-state index is 8.79. The molecule has 94 valence electrons. The quantitative estimate of drug-likeness (QED) is 0.847. The van der Waals surface area contributed by atoms with Gasteiger partial charge in [0.25, 0.3) is 0 Å². The molecular weight excluding hydrogens is 214 g/mol. The molecule has 0 amide bonds. The van der Waals surface area contributed by atoms with Crippen molar-refractivity contribution in [2.75, 3.05) is 25.1 Å². The molecule has 17 heavy (non-hydrogen) atoms. The van der Waals surface area contributed by atoms with E-state index in [2.05, 4.69) is 16.3 Å². The lowest BCUT2D eigenvalue weighted by Gasteiger charge is -2.17. The van der Waals surface area contributed by atoms with Gasteiger partial charge >= 0.3 is 0 Å². The number of aromatic nitrogens is 2. The minimum Gasteiger partial charge on any atom is -0.396 e. The summed E-state index contributed by atoms with van der Waals surface area (Å²) in [5.41, 5.74) is 1.14. The molecule has 0 spiro atoms. The molecule has 4 nitrogen and oxygen atoms in total. The summed E-state index contributed by atoms with van der Waals surface area (Å²) in [6, 6.07) is 4.14. The van der Waals surface area contributed by atoms with E-state index in [4.69, 9.17) is 5.11 Å². The van der Waals surface area contributed by atoms with Gasteiger partial charge in [0.15, 0.2) is 5.82 Å². The molecule has 2 rings (SSSR count). The molecular formula is C13H21N3O. The second-order valence-electron chi connectivity index (χ2n) is 4.80. The van der Waals surface area contributed by atoms with Gasteiger partial charge in [-0.25, -0.2) is 0 Å². The molecule has 0 aromatic carbocycles. The van der Waals surface area contributed by atoms with Crippen molar-refractivity contribution in [3.63, 3.8) is 0 Å². The van der Waals surface area contributed by atoms with Gasteiger partial charge < -0.3 is 10.0 Å². The van der Waals surface area contributed by atoms with E-state index in [9.17, 15) is 0 Å². The molecule has 0 radical (unpaired) electrons. The summed E-state index contributed by atoms with van der Waals surface area (Å²) < 4.78 is 0. The largest absolute Gasteiger partial charge is 0.396 e. The molecule has 1 aliphatic carbocycles. The topological polar surface area (TPSA) is 49.2 Å². The van der Waals surface area contributed by atoms with Gasteiger partial charge in [-0.1, -0.05) is 12.8 Å². The van der Waals surface area contributed by atoms with Gasteiger partial charge in [0.2, 0.25) is 0 Å². The zero-order valence-corrected chi connectivity index (χ0v) is 10.5. The van der Waals surface area contributed by atoms with Crippen LogP contribution in [0.4, 0.5) is 5.82 Å². The highest BCUT2D eigenvalue weighted by Crippen LogP contribution is 2.32. The number of anilines is 1. The Morgan fingerprint density at radius 3 is 2.65 bits per heavy atom. The fourth-order valence-corrected chi connectivity index (χ4v) is 2.40. The third-order valence-electron chi connectivity index (χ3n) is 3.49. The molecule has 1 aliphatic rings. The number of aliphatic hydroxyl groups is 1. The molecule has 1 heterocycles.